The topological polar surface area (TPSA) is 38.1 Å². The summed E-state index contributed by atoms with van der Waals surface area (Å²) in [7, 11) is 0. The summed E-state index contributed by atoms with van der Waals surface area (Å²) in [6, 6.07) is 8.24. The van der Waals surface area contributed by atoms with Crippen molar-refractivity contribution in [2.24, 2.45) is 0 Å². The molecule has 2 rings (SSSR count). The van der Waals surface area contributed by atoms with Crippen molar-refractivity contribution >= 4 is 0 Å². The highest BCUT2D eigenvalue weighted by Crippen LogP contribution is 2.35. The molecule has 0 saturated heterocycles. The lowest BCUT2D eigenvalue weighted by Gasteiger charge is -2.19. The van der Waals surface area contributed by atoms with Crippen LogP contribution in [0.25, 0.3) is 5.69 Å². The van der Waals surface area contributed by atoms with E-state index < -0.39 is 0 Å². The van der Waals surface area contributed by atoms with Crippen LogP contribution in [0.1, 0.15) is 50.9 Å². The number of aromatic hydroxyl groups is 1. The fourth-order valence-electron chi connectivity index (χ4n) is 2.58. The van der Waals surface area contributed by atoms with Gasteiger partial charge in [0.05, 0.1) is 11.4 Å². The van der Waals surface area contributed by atoms with E-state index in [0.29, 0.717) is 0 Å². The molecule has 0 atom stereocenters. The Morgan fingerprint density at radius 2 is 1.75 bits per heavy atom. The smallest absolute Gasteiger partial charge is 0.234 e. The first-order valence-corrected chi connectivity index (χ1v) is 7.23. The Morgan fingerprint density at radius 1 is 1.15 bits per heavy atom. The molecular formula is C17H24N2O. The van der Waals surface area contributed by atoms with Gasteiger partial charge in [-0.2, -0.15) is 0 Å². The van der Waals surface area contributed by atoms with Gasteiger partial charge in [0, 0.05) is 5.56 Å². The Morgan fingerprint density at radius 3 is 2.25 bits per heavy atom. The second kappa shape index (κ2) is 5.31. The molecule has 1 heterocycles. The van der Waals surface area contributed by atoms with Crippen LogP contribution >= 0.6 is 0 Å². The van der Waals surface area contributed by atoms with Crippen molar-refractivity contribution in [1.82, 2.24) is 9.78 Å². The van der Waals surface area contributed by atoms with Gasteiger partial charge in [0.25, 0.3) is 0 Å². The van der Waals surface area contributed by atoms with Crippen LogP contribution in [0.15, 0.2) is 24.3 Å². The zero-order chi connectivity index (χ0) is 14.9. The third-order valence-corrected chi connectivity index (χ3v) is 3.48. The monoisotopic (exact) mass is 272 g/mol. The molecule has 108 valence electrons. The van der Waals surface area contributed by atoms with Crippen molar-refractivity contribution in [2.75, 3.05) is 0 Å². The van der Waals surface area contributed by atoms with E-state index in [0.717, 1.165) is 29.8 Å². The fourth-order valence-corrected chi connectivity index (χ4v) is 2.58. The maximum Gasteiger partial charge on any atom is 0.234 e. The summed E-state index contributed by atoms with van der Waals surface area (Å²) >= 11 is 0. The Kier molecular flexibility index (Phi) is 3.89. The third-order valence-electron chi connectivity index (χ3n) is 3.48. The predicted octanol–water partition coefficient (Wildman–Crippen LogP) is 4.14. The van der Waals surface area contributed by atoms with Crippen LogP contribution in [0.5, 0.6) is 5.88 Å². The Balaban J connectivity index is 2.62. The molecule has 0 radical (unpaired) electrons. The lowest BCUT2D eigenvalue weighted by molar-refractivity contribution is 0.426. The molecule has 0 amide bonds. The van der Waals surface area contributed by atoms with Crippen molar-refractivity contribution in [3.8, 4) is 11.6 Å². The van der Waals surface area contributed by atoms with Gasteiger partial charge in [-0.25, -0.2) is 4.68 Å². The first kappa shape index (κ1) is 14.6. The largest absolute Gasteiger partial charge is 0.492 e. The van der Waals surface area contributed by atoms with Gasteiger partial charge in [-0.3, -0.25) is 0 Å². The molecule has 0 aliphatic heterocycles. The van der Waals surface area contributed by atoms with E-state index in [9.17, 15) is 5.11 Å². The minimum atomic E-state index is -0.114. The van der Waals surface area contributed by atoms with Gasteiger partial charge in [0.1, 0.15) is 0 Å². The second-order valence-electron chi connectivity index (χ2n) is 6.39. The summed E-state index contributed by atoms with van der Waals surface area (Å²) in [6.45, 7) is 10.6. The number of aromatic nitrogens is 2. The van der Waals surface area contributed by atoms with Crippen LogP contribution in [0.2, 0.25) is 0 Å². The molecule has 0 aliphatic rings. The summed E-state index contributed by atoms with van der Waals surface area (Å²) in [5.41, 5.74) is 4.18. The Bertz CT molecular complexity index is 589. The third kappa shape index (κ3) is 2.72. The van der Waals surface area contributed by atoms with Crippen LogP contribution in [-0.4, -0.2) is 14.9 Å². The first-order valence-electron chi connectivity index (χ1n) is 7.23. The standard InChI is InChI=1S/C17H24N2O/c1-6-7-14-15(17(3,4)5)16(20)18-19(14)13-10-8-12(2)9-11-13/h8-11H,6-7H2,1-5H3,(H,18,20). The lowest BCUT2D eigenvalue weighted by atomic mass is 9.86. The highest BCUT2D eigenvalue weighted by atomic mass is 16.3. The van der Waals surface area contributed by atoms with Gasteiger partial charge in [0.15, 0.2) is 0 Å². The average molecular weight is 272 g/mol. The number of hydrogen-bond acceptors (Lipinski definition) is 2. The van der Waals surface area contributed by atoms with E-state index in [1.165, 1.54) is 5.56 Å². The van der Waals surface area contributed by atoms with Gasteiger partial charge >= 0.3 is 0 Å². The normalized spacial score (nSPS) is 11.8. The maximum absolute atomic E-state index is 10.3. The maximum atomic E-state index is 10.3. The number of benzene rings is 1. The fraction of sp³-hybridized carbons (Fsp3) is 0.471. The number of hydrogen-bond donors (Lipinski definition) is 1. The average Bonchev–Trinajstić information content (AvgIpc) is 2.67. The van der Waals surface area contributed by atoms with Crippen molar-refractivity contribution in [3.05, 3.63) is 41.1 Å². The summed E-state index contributed by atoms with van der Waals surface area (Å²) < 4.78 is 1.89. The van der Waals surface area contributed by atoms with Crippen LogP contribution in [0.4, 0.5) is 0 Å². The summed E-state index contributed by atoms with van der Waals surface area (Å²) in [4.78, 5) is 0. The first-order chi connectivity index (χ1) is 9.34. The molecule has 0 bridgehead atoms. The van der Waals surface area contributed by atoms with Crippen molar-refractivity contribution in [2.45, 2.75) is 52.9 Å². The van der Waals surface area contributed by atoms with Crippen molar-refractivity contribution < 1.29 is 5.11 Å². The predicted molar refractivity (Wildman–Crippen MR) is 82.7 cm³/mol. The van der Waals surface area contributed by atoms with Crippen LogP contribution < -0.4 is 0 Å². The number of rotatable bonds is 3. The summed E-state index contributed by atoms with van der Waals surface area (Å²) in [5.74, 6) is 0.154. The highest BCUT2D eigenvalue weighted by molar-refractivity contribution is 5.43. The summed E-state index contributed by atoms with van der Waals surface area (Å²) in [6.07, 6.45) is 1.94. The van der Waals surface area contributed by atoms with Crippen LogP contribution in [0, 0.1) is 6.92 Å². The van der Waals surface area contributed by atoms with Gasteiger partial charge in [-0.1, -0.05) is 51.8 Å². The molecule has 0 aliphatic carbocycles. The molecule has 1 aromatic heterocycles. The molecule has 0 spiro atoms. The zero-order valence-electron chi connectivity index (χ0n) is 13.1. The summed E-state index contributed by atoms with van der Waals surface area (Å²) in [5, 5.41) is 14.6. The van der Waals surface area contributed by atoms with Gasteiger partial charge < -0.3 is 5.11 Å². The van der Waals surface area contributed by atoms with Gasteiger partial charge in [0.2, 0.25) is 5.88 Å². The lowest BCUT2D eigenvalue weighted by Crippen LogP contribution is -2.14. The zero-order valence-corrected chi connectivity index (χ0v) is 13.1. The quantitative estimate of drug-likeness (QED) is 0.912. The number of aryl methyl sites for hydroxylation is 1. The van der Waals surface area contributed by atoms with E-state index in [1.54, 1.807) is 0 Å². The molecule has 1 aromatic carbocycles. The number of nitrogens with zero attached hydrogens (tertiary/aromatic N) is 2. The van der Waals surface area contributed by atoms with Crippen LogP contribution in [-0.2, 0) is 11.8 Å². The van der Waals surface area contributed by atoms with Gasteiger partial charge in [-0.15, -0.1) is 5.10 Å². The molecule has 2 aromatic rings. The van der Waals surface area contributed by atoms with Crippen molar-refractivity contribution in [1.29, 1.82) is 0 Å². The van der Waals surface area contributed by atoms with E-state index in [-0.39, 0.29) is 11.3 Å². The minimum absolute atomic E-state index is 0.114. The second-order valence-corrected chi connectivity index (χ2v) is 6.39. The minimum Gasteiger partial charge on any atom is -0.492 e. The molecule has 0 fully saturated rings. The van der Waals surface area contributed by atoms with E-state index in [4.69, 9.17) is 0 Å². The molecule has 0 saturated carbocycles. The van der Waals surface area contributed by atoms with Crippen molar-refractivity contribution in [3.63, 3.8) is 0 Å². The molecule has 1 N–H and O–H groups in total. The van der Waals surface area contributed by atoms with E-state index in [2.05, 4.69) is 51.9 Å². The molecule has 0 unspecified atom stereocenters. The van der Waals surface area contributed by atoms with Gasteiger partial charge in [-0.05, 0) is 30.9 Å². The molecule has 20 heavy (non-hydrogen) atoms. The van der Waals surface area contributed by atoms with E-state index >= 15 is 0 Å². The highest BCUT2D eigenvalue weighted by Gasteiger charge is 2.27. The molecule has 3 heteroatoms. The Labute approximate surface area is 121 Å². The molecular weight excluding hydrogens is 248 g/mol. The molecule has 3 nitrogen and oxygen atoms in total. The van der Waals surface area contributed by atoms with Crippen LogP contribution in [0.3, 0.4) is 0 Å². The van der Waals surface area contributed by atoms with E-state index in [1.807, 2.05) is 16.8 Å². The SMILES string of the molecule is CCCc1c(C(C)(C)C)c(O)nn1-c1ccc(C)cc1. The Hall–Kier alpha value is -1.77.